The Morgan fingerprint density at radius 2 is 2.17 bits per heavy atom. The molecule has 0 saturated carbocycles. The number of anilines is 1. The zero-order chi connectivity index (χ0) is 13.7. The first-order valence-electron chi connectivity index (χ1n) is 5.83. The molecule has 1 atom stereocenters. The third-order valence-electron chi connectivity index (χ3n) is 2.34. The Labute approximate surface area is 115 Å². The SMILES string of the molecule is CCOc1ccc(NC(=O)C(Br)C(C)C)cc1F. The minimum atomic E-state index is -0.481. The second-order valence-corrected chi connectivity index (χ2v) is 5.20. The molecule has 0 radical (unpaired) electrons. The molecule has 0 aliphatic carbocycles. The van der Waals surface area contributed by atoms with Crippen molar-refractivity contribution in [2.75, 3.05) is 11.9 Å². The van der Waals surface area contributed by atoms with Crippen LogP contribution >= 0.6 is 15.9 Å². The molecule has 18 heavy (non-hydrogen) atoms. The molecular formula is C13H17BrFNO2. The molecule has 1 amide bonds. The van der Waals surface area contributed by atoms with Crippen LogP contribution in [0.5, 0.6) is 5.75 Å². The molecule has 0 saturated heterocycles. The van der Waals surface area contributed by atoms with Gasteiger partial charge in [-0.05, 0) is 25.0 Å². The van der Waals surface area contributed by atoms with Crippen molar-refractivity contribution in [3.8, 4) is 5.75 Å². The summed E-state index contributed by atoms with van der Waals surface area (Å²) in [6.45, 7) is 6.04. The van der Waals surface area contributed by atoms with Gasteiger partial charge in [0.15, 0.2) is 11.6 Å². The number of rotatable bonds is 5. The van der Waals surface area contributed by atoms with E-state index in [1.54, 1.807) is 13.0 Å². The predicted molar refractivity (Wildman–Crippen MR) is 73.8 cm³/mol. The first-order valence-corrected chi connectivity index (χ1v) is 6.74. The molecule has 1 unspecified atom stereocenters. The highest BCUT2D eigenvalue weighted by atomic mass is 79.9. The van der Waals surface area contributed by atoms with Crippen LogP contribution in [-0.2, 0) is 4.79 Å². The van der Waals surface area contributed by atoms with E-state index in [9.17, 15) is 9.18 Å². The summed E-state index contributed by atoms with van der Waals surface area (Å²) in [7, 11) is 0. The summed E-state index contributed by atoms with van der Waals surface area (Å²) in [6.07, 6.45) is 0. The van der Waals surface area contributed by atoms with Crippen molar-refractivity contribution >= 4 is 27.5 Å². The van der Waals surface area contributed by atoms with Crippen LogP contribution < -0.4 is 10.1 Å². The molecule has 1 aromatic carbocycles. The van der Waals surface area contributed by atoms with Gasteiger partial charge in [-0.2, -0.15) is 0 Å². The van der Waals surface area contributed by atoms with Crippen molar-refractivity contribution in [1.29, 1.82) is 0 Å². The lowest BCUT2D eigenvalue weighted by atomic mass is 10.1. The second kappa shape index (κ2) is 6.73. The van der Waals surface area contributed by atoms with Crippen LogP contribution in [0, 0.1) is 11.7 Å². The average Bonchev–Trinajstić information content (AvgIpc) is 2.31. The largest absolute Gasteiger partial charge is 0.491 e. The van der Waals surface area contributed by atoms with E-state index in [0.717, 1.165) is 0 Å². The van der Waals surface area contributed by atoms with Gasteiger partial charge in [0.1, 0.15) is 0 Å². The Morgan fingerprint density at radius 1 is 1.50 bits per heavy atom. The number of carbonyl (C=O) groups is 1. The van der Waals surface area contributed by atoms with Gasteiger partial charge in [-0.25, -0.2) is 4.39 Å². The summed E-state index contributed by atoms with van der Waals surface area (Å²) < 4.78 is 18.6. The van der Waals surface area contributed by atoms with Gasteiger partial charge < -0.3 is 10.1 Å². The molecule has 0 bridgehead atoms. The van der Waals surface area contributed by atoms with Gasteiger partial charge in [-0.1, -0.05) is 29.8 Å². The molecule has 0 heterocycles. The molecule has 0 spiro atoms. The maximum absolute atomic E-state index is 13.6. The van der Waals surface area contributed by atoms with E-state index in [-0.39, 0.29) is 22.4 Å². The smallest absolute Gasteiger partial charge is 0.238 e. The first kappa shape index (κ1) is 15.0. The van der Waals surface area contributed by atoms with E-state index in [2.05, 4.69) is 21.2 Å². The predicted octanol–water partition coefficient (Wildman–Crippen LogP) is 3.58. The zero-order valence-corrected chi connectivity index (χ0v) is 12.3. The quantitative estimate of drug-likeness (QED) is 0.843. The summed E-state index contributed by atoms with van der Waals surface area (Å²) >= 11 is 3.29. The number of hydrogen-bond acceptors (Lipinski definition) is 2. The Bertz CT molecular complexity index is 423. The van der Waals surface area contributed by atoms with E-state index >= 15 is 0 Å². The van der Waals surface area contributed by atoms with E-state index in [4.69, 9.17) is 4.74 Å². The minimum Gasteiger partial charge on any atom is -0.491 e. The Kier molecular flexibility index (Phi) is 5.59. The fraction of sp³-hybridized carbons (Fsp3) is 0.462. The molecule has 0 fully saturated rings. The van der Waals surface area contributed by atoms with Gasteiger partial charge >= 0.3 is 0 Å². The monoisotopic (exact) mass is 317 g/mol. The van der Waals surface area contributed by atoms with Crippen LogP contribution in [0.2, 0.25) is 0 Å². The number of alkyl halides is 1. The van der Waals surface area contributed by atoms with Crippen molar-refractivity contribution in [3.63, 3.8) is 0 Å². The highest BCUT2D eigenvalue weighted by Crippen LogP contribution is 2.22. The van der Waals surface area contributed by atoms with Gasteiger partial charge in [-0.3, -0.25) is 4.79 Å². The van der Waals surface area contributed by atoms with E-state index in [1.165, 1.54) is 12.1 Å². The fourth-order valence-corrected chi connectivity index (χ4v) is 1.48. The summed E-state index contributed by atoms with van der Waals surface area (Å²) in [6, 6.07) is 4.38. The average molecular weight is 318 g/mol. The van der Waals surface area contributed by atoms with E-state index in [1.807, 2.05) is 13.8 Å². The number of ether oxygens (including phenoxy) is 1. The molecule has 1 rings (SSSR count). The molecule has 1 N–H and O–H groups in total. The minimum absolute atomic E-state index is 0.164. The van der Waals surface area contributed by atoms with Gasteiger partial charge in [0.05, 0.1) is 11.4 Å². The normalized spacial score (nSPS) is 12.3. The lowest BCUT2D eigenvalue weighted by Gasteiger charge is -2.14. The van der Waals surface area contributed by atoms with Gasteiger partial charge in [0.25, 0.3) is 0 Å². The number of benzene rings is 1. The summed E-state index contributed by atoms with van der Waals surface area (Å²) in [5, 5.41) is 2.65. The third kappa shape index (κ3) is 3.98. The highest BCUT2D eigenvalue weighted by molar-refractivity contribution is 9.10. The number of halogens is 2. The van der Waals surface area contributed by atoms with Gasteiger partial charge in [0.2, 0.25) is 5.91 Å². The summed E-state index contributed by atoms with van der Waals surface area (Å²) in [5.41, 5.74) is 0.422. The Hall–Kier alpha value is -1.10. The van der Waals surface area contributed by atoms with Gasteiger partial charge in [-0.15, -0.1) is 0 Å². The van der Waals surface area contributed by atoms with Crippen LogP contribution in [-0.4, -0.2) is 17.3 Å². The van der Waals surface area contributed by atoms with Crippen LogP contribution in [0.3, 0.4) is 0 Å². The lowest BCUT2D eigenvalue weighted by molar-refractivity contribution is -0.116. The highest BCUT2D eigenvalue weighted by Gasteiger charge is 2.18. The first-order chi connectivity index (χ1) is 8.45. The summed E-state index contributed by atoms with van der Waals surface area (Å²) in [5.74, 6) is -0.314. The van der Waals surface area contributed by atoms with Crippen LogP contribution in [0.1, 0.15) is 20.8 Å². The molecule has 0 aliphatic rings. The van der Waals surface area contributed by atoms with Crippen molar-refractivity contribution in [2.24, 2.45) is 5.92 Å². The number of amides is 1. The number of hydrogen-bond donors (Lipinski definition) is 1. The molecule has 0 aliphatic heterocycles. The summed E-state index contributed by atoms with van der Waals surface area (Å²) in [4.78, 5) is 11.5. The van der Waals surface area contributed by atoms with E-state index in [0.29, 0.717) is 12.3 Å². The van der Waals surface area contributed by atoms with E-state index < -0.39 is 5.82 Å². The molecule has 100 valence electrons. The number of nitrogens with one attached hydrogen (secondary N) is 1. The molecule has 1 aromatic rings. The zero-order valence-electron chi connectivity index (χ0n) is 10.7. The van der Waals surface area contributed by atoms with Crippen LogP contribution in [0.15, 0.2) is 18.2 Å². The van der Waals surface area contributed by atoms with Crippen molar-refractivity contribution in [3.05, 3.63) is 24.0 Å². The Morgan fingerprint density at radius 3 is 2.67 bits per heavy atom. The molecular weight excluding hydrogens is 301 g/mol. The molecule has 0 aromatic heterocycles. The number of carbonyl (C=O) groups excluding carboxylic acids is 1. The lowest BCUT2D eigenvalue weighted by Crippen LogP contribution is -2.27. The third-order valence-corrected chi connectivity index (χ3v) is 3.81. The topological polar surface area (TPSA) is 38.3 Å². The van der Waals surface area contributed by atoms with Crippen molar-refractivity contribution < 1.29 is 13.9 Å². The molecule has 3 nitrogen and oxygen atoms in total. The van der Waals surface area contributed by atoms with Crippen molar-refractivity contribution in [1.82, 2.24) is 0 Å². The van der Waals surface area contributed by atoms with Gasteiger partial charge in [0, 0.05) is 11.8 Å². The fourth-order valence-electron chi connectivity index (χ4n) is 1.37. The Balaban J connectivity index is 2.74. The van der Waals surface area contributed by atoms with Crippen molar-refractivity contribution in [2.45, 2.75) is 25.6 Å². The maximum Gasteiger partial charge on any atom is 0.238 e. The van der Waals surface area contributed by atoms with Crippen LogP contribution in [0.25, 0.3) is 0 Å². The molecule has 5 heteroatoms. The van der Waals surface area contributed by atoms with Crippen LogP contribution in [0.4, 0.5) is 10.1 Å². The second-order valence-electron chi connectivity index (χ2n) is 4.21. The maximum atomic E-state index is 13.6. The standard InChI is InChI=1S/C13H17BrFNO2/c1-4-18-11-6-5-9(7-10(11)15)16-13(17)12(14)8(2)3/h5-8,12H,4H2,1-3H3,(H,16,17).